The molecule has 4 nitrogen and oxygen atoms in total. The van der Waals surface area contributed by atoms with Gasteiger partial charge in [0.1, 0.15) is 5.82 Å². The van der Waals surface area contributed by atoms with Gasteiger partial charge in [0.15, 0.2) is 11.5 Å². The first-order chi connectivity index (χ1) is 10.8. The average Bonchev–Trinajstić information content (AvgIpc) is 2.89. The molecule has 120 valence electrons. The predicted octanol–water partition coefficient (Wildman–Crippen LogP) is 3.34. The van der Waals surface area contributed by atoms with E-state index < -0.39 is 23.5 Å². The molecule has 2 rings (SSSR count). The fourth-order valence-corrected chi connectivity index (χ4v) is 1.97. The number of carbonyl (C=O) groups is 1. The number of carbonyl (C=O) groups excluding carboxylic acids is 1. The van der Waals surface area contributed by atoms with Crippen LogP contribution in [0, 0.1) is 5.82 Å². The smallest absolute Gasteiger partial charge is 0.419 e. The molecule has 0 amide bonds. The molecule has 0 saturated heterocycles. The summed E-state index contributed by atoms with van der Waals surface area (Å²) in [5.74, 6) is -2.33. The van der Waals surface area contributed by atoms with E-state index in [-0.39, 0.29) is 35.5 Å². The minimum Gasteiger partial charge on any atom is -0.461 e. The fraction of sp³-hybridized carbons (Fsp3) is 0.286. The van der Waals surface area contributed by atoms with Gasteiger partial charge in [-0.1, -0.05) is 17.5 Å². The van der Waals surface area contributed by atoms with Crippen LogP contribution in [0.1, 0.15) is 28.5 Å². The Morgan fingerprint density at radius 1 is 1.39 bits per heavy atom. The van der Waals surface area contributed by atoms with Crippen molar-refractivity contribution in [1.29, 1.82) is 0 Å². The Kier molecular flexibility index (Phi) is 4.77. The number of hydrogen-bond acceptors (Lipinski definition) is 4. The number of alkyl halides is 3. The minimum absolute atomic E-state index is 0.0148. The summed E-state index contributed by atoms with van der Waals surface area (Å²) in [5, 5.41) is 3.51. The van der Waals surface area contributed by atoms with E-state index in [9.17, 15) is 22.4 Å². The van der Waals surface area contributed by atoms with Crippen LogP contribution in [-0.2, 0) is 17.2 Å². The molecule has 0 N–H and O–H groups in total. The maximum atomic E-state index is 13.6. The van der Waals surface area contributed by atoms with Gasteiger partial charge in [-0.2, -0.15) is 13.2 Å². The molecule has 0 bridgehead atoms. The number of nitrogens with zero attached hydrogens (tertiary/aromatic N) is 1. The molecule has 9 heteroatoms. The van der Waals surface area contributed by atoms with Crippen LogP contribution in [0.25, 0.3) is 11.3 Å². The van der Waals surface area contributed by atoms with Gasteiger partial charge in [0, 0.05) is 11.1 Å². The highest BCUT2D eigenvalue weighted by Gasteiger charge is 2.34. The van der Waals surface area contributed by atoms with Crippen molar-refractivity contribution in [3.63, 3.8) is 0 Å². The summed E-state index contributed by atoms with van der Waals surface area (Å²) in [7, 11) is 5.52. The topological polar surface area (TPSA) is 52.3 Å². The van der Waals surface area contributed by atoms with Crippen LogP contribution in [0.15, 0.2) is 22.7 Å². The average molecular weight is 327 g/mol. The zero-order valence-corrected chi connectivity index (χ0v) is 11.9. The molecule has 2 aromatic rings. The highest BCUT2D eigenvalue weighted by Crippen LogP contribution is 2.34. The first kappa shape index (κ1) is 17.0. The van der Waals surface area contributed by atoms with Gasteiger partial charge >= 0.3 is 12.1 Å². The van der Waals surface area contributed by atoms with E-state index in [0.717, 1.165) is 6.07 Å². The van der Waals surface area contributed by atoms with Crippen molar-refractivity contribution in [2.24, 2.45) is 0 Å². The molecule has 0 aliphatic carbocycles. The lowest BCUT2D eigenvalue weighted by Crippen LogP contribution is -2.09. The maximum Gasteiger partial charge on any atom is 0.419 e. The highest BCUT2D eigenvalue weighted by atomic mass is 19.4. The fourth-order valence-electron chi connectivity index (χ4n) is 1.97. The lowest BCUT2D eigenvalue weighted by Gasteiger charge is -2.09. The molecule has 0 atom stereocenters. The van der Waals surface area contributed by atoms with Gasteiger partial charge in [-0.25, -0.2) is 9.18 Å². The van der Waals surface area contributed by atoms with Gasteiger partial charge in [-0.05, 0) is 19.1 Å². The monoisotopic (exact) mass is 327 g/mol. The van der Waals surface area contributed by atoms with Crippen LogP contribution in [0.2, 0.25) is 0 Å². The van der Waals surface area contributed by atoms with Gasteiger partial charge in [0.05, 0.1) is 20.0 Å². The van der Waals surface area contributed by atoms with Gasteiger partial charge < -0.3 is 9.26 Å². The van der Waals surface area contributed by atoms with Crippen molar-refractivity contribution in [1.82, 2.24) is 5.16 Å². The Morgan fingerprint density at radius 3 is 2.61 bits per heavy atom. The third-order valence-electron chi connectivity index (χ3n) is 3.00. The lowest BCUT2D eigenvalue weighted by molar-refractivity contribution is -0.139. The highest BCUT2D eigenvalue weighted by molar-refractivity contribution is 6.10. The SMILES string of the molecule is [B]Cc1c(C(=O)OCC)noc1-c1ccc(C(F)(F)F)c(F)c1. The van der Waals surface area contributed by atoms with Gasteiger partial charge in [0.2, 0.25) is 0 Å². The van der Waals surface area contributed by atoms with Gasteiger partial charge in [-0.15, -0.1) is 0 Å². The van der Waals surface area contributed by atoms with E-state index in [4.69, 9.17) is 17.1 Å². The zero-order chi connectivity index (χ0) is 17.2. The number of halogens is 4. The van der Waals surface area contributed by atoms with E-state index >= 15 is 0 Å². The summed E-state index contributed by atoms with van der Waals surface area (Å²) in [5.41, 5.74) is -1.48. The molecule has 23 heavy (non-hydrogen) atoms. The molecule has 0 aliphatic rings. The number of aromatic nitrogens is 1. The maximum absolute atomic E-state index is 13.6. The lowest BCUT2D eigenvalue weighted by atomic mass is 9.92. The molecule has 1 heterocycles. The summed E-state index contributed by atoms with van der Waals surface area (Å²) >= 11 is 0. The van der Waals surface area contributed by atoms with E-state index in [1.807, 2.05) is 0 Å². The number of benzene rings is 1. The van der Waals surface area contributed by atoms with Crippen molar-refractivity contribution in [3.8, 4) is 11.3 Å². The minimum atomic E-state index is -4.81. The molecule has 1 aromatic heterocycles. The van der Waals surface area contributed by atoms with E-state index in [2.05, 4.69) is 5.16 Å². The third-order valence-corrected chi connectivity index (χ3v) is 3.00. The zero-order valence-electron chi connectivity index (χ0n) is 11.9. The van der Waals surface area contributed by atoms with Crippen LogP contribution in [0.5, 0.6) is 0 Å². The largest absolute Gasteiger partial charge is 0.461 e. The Balaban J connectivity index is 2.47. The Labute approximate surface area is 129 Å². The first-order valence-electron chi connectivity index (χ1n) is 6.52. The van der Waals surface area contributed by atoms with Crippen molar-refractivity contribution in [2.45, 2.75) is 19.4 Å². The quantitative estimate of drug-likeness (QED) is 0.491. The van der Waals surface area contributed by atoms with E-state index in [1.54, 1.807) is 6.92 Å². The molecule has 0 fully saturated rings. The summed E-state index contributed by atoms with van der Waals surface area (Å²) in [6, 6.07) is 2.25. The van der Waals surface area contributed by atoms with E-state index in [1.165, 1.54) is 0 Å². The Hall–Kier alpha value is -2.32. The van der Waals surface area contributed by atoms with Crippen LogP contribution in [0.4, 0.5) is 17.6 Å². The molecule has 0 spiro atoms. The van der Waals surface area contributed by atoms with Crippen LogP contribution in [0.3, 0.4) is 0 Å². The Morgan fingerprint density at radius 2 is 2.09 bits per heavy atom. The Bertz CT molecular complexity index is 727. The second kappa shape index (κ2) is 6.43. The van der Waals surface area contributed by atoms with Crippen LogP contribution < -0.4 is 0 Å². The molecule has 0 unspecified atom stereocenters. The standard InChI is InChI=1S/C14H10BF4NO3/c1-2-22-13(21)11-8(6-15)12(23-20-11)7-3-4-9(10(16)5-7)14(17,18)19/h3-5H,2,6H2,1H3. The normalized spacial score (nSPS) is 11.5. The van der Waals surface area contributed by atoms with Crippen molar-refractivity contribution >= 4 is 13.8 Å². The first-order valence-corrected chi connectivity index (χ1v) is 6.52. The summed E-state index contributed by atoms with van der Waals surface area (Å²) in [6.07, 6.45) is -4.99. The molecule has 2 radical (unpaired) electrons. The van der Waals surface area contributed by atoms with Crippen LogP contribution in [-0.4, -0.2) is 25.6 Å². The molecular weight excluding hydrogens is 317 g/mol. The summed E-state index contributed by atoms with van der Waals surface area (Å²) in [6.45, 7) is 1.69. The second-order valence-corrected chi connectivity index (χ2v) is 4.46. The van der Waals surface area contributed by atoms with Crippen molar-refractivity contribution in [3.05, 3.63) is 40.8 Å². The summed E-state index contributed by atoms with van der Waals surface area (Å²) < 4.78 is 61.1. The van der Waals surface area contributed by atoms with Gasteiger partial charge in [-0.3, -0.25) is 0 Å². The van der Waals surface area contributed by atoms with Crippen molar-refractivity contribution in [2.75, 3.05) is 6.61 Å². The van der Waals surface area contributed by atoms with E-state index in [0.29, 0.717) is 12.1 Å². The number of esters is 1. The molecule has 0 aliphatic heterocycles. The predicted molar refractivity (Wildman–Crippen MR) is 72.3 cm³/mol. The van der Waals surface area contributed by atoms with Crippen LogP contribution >= 0.6 is 0 Å². The number of ether oxygens (including phenoxy) is 1. The molecule has 0 saturated carbocycles. The molecular formula is C14H10BF4NO3. The second-order valence-electron chi connectivity index (χ2n) is 4.46. The van der Waals surface area contributed by atoms with Gasteiger partial charge in [0.25, 0.3) is 0 Å². The molecule has 1 aromatic carbocycles. The number of rotatable bonds is 4. The number of hydrogen-bond donors (Lipinski definition) is 0. The third kappa shape index (κ3) is 3.38. The summed E-state index contributed by atoms with van der Waals surface area (Å²) in [4.78, 5) is 11.7. The van der Waals surface area contributed by atoms with Crippen molar-refractivity contribution < 1.29 is 31.6 Å².